The monoisotopic (exact) mass is 192 g/mol. The van der Waals surface area contributed by atoms with E-state index in [1.165, 1.54) is 0 Å². The lowest BCUT2D eigenvalue weighted by atomic mass is 10.4. The van der Waals surface area contributed by atoms with Crippen LogP contribution in [0, 0.1) is 0 Å². The fraction of sp³-hybridized carbons (Fsp3) is 0.400. The fourth-order valence-corrected chi connectivity index (χ4v) is 1.57. The second-order valence-corrected chi connectivity index (χ2v) is 3.21. The summed E-state index contributed by atoms with van der Waals surface area (Å²) in [4.78, 5) is 17.2. The molecule has 4 nitrogen and oxygen atoms in total. The van der Waals surface area contributed by atoms with Gasteiger partial charge in [0.15, 0.2) is 0 Å². The Hall–Kier alpha value is -1.58. The van der Waals surface area contributed by atoms with Crippen molar-refractivity contribution in [2.24, 2.45) is 0 Å². The molecule has 1 aliphatic rings. The number of methoxy groups -OCH3 is 1. The van der Waals surface area contributed by atoms with Gasteiger partial charge in [-0.2, -0.15) is 0 Å². The number of carbonyl (C=O) groups is 1. The van der Waals surface area contributed by atoms with Crippen LogP contribution in [0.4, 0.5) is 5.69 Å². The van der Waals surface area contributed by atoms with Gasteiger partial charge in [-0.3, -0.25) is 4.79 Å². The molecule has 2 heterocycles. The van der Waals surface area contributed by atoms with Gasteiger partial charge in [-0.25, -0.2) is 4.98 Å². The Morgan fingerprint density at radius 1 is 1.50 bits per heavy atom. The maximum Gasteiger partial charge on any atom is 0.227 e. The average molecular weight is 192 g/mol. The first kappa shape index (κ1) is 8.99. The molecule has 1 aromatic heterocycles. The van der Waals surface area contributed by atoms with Crippen molar-refractivity contribution in [3.8, 4) is 5.88 Å². The quantitative estimate of drug-likeness (QED) is 0.707. The van der Waals surface area contributed by atoms with Crippen LogP contribution >= 0.6 is 0 Å². The van der Waals surface area contributed by atoms with Crippen LogP contribution < -0.4 is 9.64 Å². The molecular weight excluding hydrogens is 180 g/mol. The van der Waals surface area contributed by atoms with Crippen molar-refractivity contribution < 1.29 is 9.53 Å². The second-order valence-electron chi connectivity index (χ2n) is 3.21. The Labute approximate surface area is 82.5 Å². The Morgan fingerprint density at radius 2 is 2.36 bits per heavy atom. The summed E-state index contributed by atoms with van der Waals surface area (Å²) in [5.41, 5.74) is 0.855. The standard InChI is InChI=1S/C10H12N2O2/c1-14-9-5-4-8(7-11-9)12-6-2-3-10(12)13/h4-5,7H,2-3,6H2,1H3. The number of amides is 1. The largest absolute Gasteiger partial charge is 0.481 e. The lowest BCUT2D eigenvalue weighted by Crippen LogP contribution is -2.23. The SMILES string of the molecule is COc1ccc(N2CCCC2=O)cn1. The molecule has 2 rings (SSSR count). The average Bonchev–Trinajstić information content (AvgIpc) is 2.65. The number of rotatable bonds is 2. The van der Waals surface area contributed by atoms with E-state index < -0.39 is 0 Å². The van der Waals surface area contributed by atoms with Crippen LogP contribution in [0.2, 0.25) is 0 Å². The zero-order valence-electron chi connectivity index (χ0n) is 8.06. The van der Waals surface area contributed by atoms with Gasteiger partial charge in [-0.05, 0) is 12.5 Å². The van der Waals surface area contributed by atoms with E-state index in [0.717, 1.165) is 18.7 Å². The summed E-state index contributed by atoms with van der Waals surface area (Å²) in [6.07, 6.45) is 3.25. The molecule has 0 saturated carbocycles. The van der Waals surface area contributed by atoms with E-state index in [9.17, 15) is 4.79 Å². The van der Waals surface area contributed by atoms with Crippen LogP contribution in [0.3, 0.4) is 0 Å². The zero-order chi connectivity index (χ0) is 9.97. The van der Waals surface area contributed by atoms with Gasteiger partial charge >= 0.3 is 0 Å². The number of hydrogen-bond acceptors (Lipinski definition) is 3. The van der Waals surface area contributed by atoms with Crippen LogP contribution in [0.15, 0.2) is 18.3 Å². The highest BCUT2D eigenvalue weighted by Gasteiger charge is 2.21. The minimum absolute atomic E-state index is 0.178. The van der Waals surface area contributed by atoms with Gasteiger partial charge in [0.05, 0.1) is 19.0 Å². The third-order valence-corrected chi connectivity index (χ3v) is 2.31. The molecule has 1 aliphatic heterocycles. The molecule has 1 amide bonds. The van der Waals surface area contributed by atoms with E-state index in [-0.39, 0.29) is 5.91 Å². The summed E-state index contributed by atoms with van der Waals surface area (Å²) in [5, 5.41) is 0. The van der Waals surface area contributed by atoms with Crippen LogP contribution in [-0.4, -0.2) is 24.5 Å². The van der Waals surface area contributed by atoms with E-state index >= 15 is 0 Å². The predicted octanol–water partition coefficient (Wildman–Crippen LogP) is 1.22. The number of anilines is 1. The van der Waals surface area contributed by atoms with E-state index in [0.29, 0.717) is 12.3 Å². The molecule has 0 spiro atoms. The third kappa shape index (κ3) is 1.55. The first-order chi connectivity index (χ1) is 6.81. The summed E-state index contributed by atoms with van der Waals surface area (Å²) in [6, 6.07) is 3.62. The van der Waals surface area contributed by atoms with Crippen molar-refractivity contribution >= 4 is 11.6 Å². The number of nitrogens with zero attached hydrogens (tertiary/aromatic N) is 2. The highest BCUT2D eigenvalue weighted by molar-refractivity contribution is 5.95. The Balaban J connectivity index is 2.20. The number of ether oxygens (including phenoxy) is 1. The molecule has 74 valence electrons. The molecular formula is C10H12N2O2. The van der Waals surface area contributed by atoms with Crippen molar-refractivity contribution in [3.63, 3.8) is 0 Å². The Kier molecular flexibility index (Phi) is 2.35. The summed E-state index contributed by atoms with van der Waals surface area (Å²) in [7, 11) is 1.57. The molecule has 14 heavy (non-hydrogen) atoms. The molecule has 4 heteroatoms. The number of hydrogen-bond donors (Lipinski definition) is 0. The summed E-state index contributed by atoms with van der Waals surface area (Å²) in [6.45, 7) is 0.798. The van der Waals surface area contributed by atoms with Crippen molar-refractivity contribution in [2.45, 2.75) is 12.8 Å². The highest BCUT2D eigenvalue weighted by Crippen LogP contribution is 2.21. The number of pyridine rings is 1. The molecule has 0 unspecified atom stereocenters. The summed E-state index contributed by atoms with van der Waals surface area (Å²) < 4.78 is 4.94. The molecule has 0 aliphatic carbocycles. The number of aromatic nitrogens is 1. The van der Waals surface area contributed by atoms with Crippen LogP contribution in [0.25, 0.3) is 0 Å². The first-order valence-electron chi connectivity index (χ1n) is 4.61. The van der Waals surface area contributed by atoms with Crippen LogP contribution in [0.5, 0.6) is 5.88 Å². The second kappa shape index (κ2) is 3.65. The van der Waals surface area contributed by atoms with Gasteiger partial charge in [0.1, 0.15) is 0 Å². The summed E-state index contributed by atoms with van der Waals surface area (Å²) in [5.74, 6) is 0.748. The number of carbonyl (C=O) groups excluding carboxylic acids is 1. The molecule has 1 aromatic rings. The molecule has 0 aromatic carbocycles. The Bertz CT molecular complexity index is 334. The van der Waals surface area contributed by atoms with Crippen molar-refractivity contribution in [1.29, 1.82) is 0 Å². The third-order valence-electron chi connectivity index (χ3n) is 2.31. The molecule has 0 N–H and O–H groups in total. The smallest absolute Gasteiger partial charge is 0.227 e. The molecule has 1 saturated heterocycles. The maximum absolute atomic E-state index is 11.4. The van der Waals surface area contributed by atoms with Gasteiger partial charge in [-0.1, -0.05) is 0 Å². The predicted molar refractivity (Wildman–Crippen MR) is 52.4 cm³/mol. The molecule has 0 radical (unpaired) electrons. The Morgan fingerprint density at radius 3 is 2.86 bits per heavy atom. The van der Waals surface area contributed by atoms with Crippen molar-refractivity contribution in [1.82, 2.24) is 4.98 Å². The molecule has 0 atom stereocenters. The van der Waals surface area contributed by atoms with Gasteiger partial charge in [0.2, 0.25) is 11.8 Å². The van der Waals surface area contributed by atoms with Gasteiger partial charge < -0.3 is 9.64 Å². The lowest BCUT2D eigenvalue weighted by Gasteiger charge is -2.14. The van der Waals surface area contributed by atoms with Gasteiger partial charge in [0, 0.05) is 19.0 Å². The topological polar surface area (TPSA) is 42.4 Å². The molecule has 0 bridgehead atoms. The molecule has 1 fully saturated rings. The van der Waals surface area contributed by atoms with Crippen LogP contribution in [-0.2, 0) is 4.79 Å². The maximum atomic E-state index is 11.4. The van der Waals surface area contributed by atoms with Crippen LogP contribution in [0.1, 0.15) is 12.8 Å². The minimum atomic E-state index is 0.178. The van der Waals surface area contributed by atoms with E-state index in [4.69, 9.17) is 4.74 Å². The minimum Gasteiger partial charge on any atom is -0.481 e. The fourth-order valence-electron chi connectivity index (χ4n) is 1.57. The normalized spacial score (nSPS) is 16.1. The summed E-state index contributed by atoms with van der Waals surface area (Å²) >= 11 is 0. The van der Waals surface area contributed by atoms with Crippen molar-refractivity contribution in [3.05, 3.63) is 18.3 Å². The van der Waals surface area contributed by atoms with Gasteiger partial charge in [-0.15, -0.1) is 0 Å². The first-order valence-corrected chi connectivity index (χ1v) is 4.61. The lowest BCUT2D eigenvalue weighted by molar-refractivity contribution is -0.117. The van der Waals surface area contributed by atoms with E-state index in [1.54, 1.807) is 24.3 Å². The zero-order valence-corrected chi connectivity index (χ0v) is 8.06. The van der Waals surface area contributed by atoms with Gasteiger partial charge in [0.25, 0.3) is 0 Å². The van der Waals surface area contributed by atoms with Crippen molar-refractivity contribution in [2.75, 3.05) is 18.6 Å². The van der Waals surface area contributed by atoms with E-state index in [2.05, 4.69) is 4.98 Å². The highest BCUT2D eigenvalue weighted by atomic mass is 16.5. The van der Waals surface area contributed by atoms with E-state index in [1.807, 2.05) is 6.07 Å².